The van der Waals surface area contributed by atoms with Crippen molar-refractivity contribution in [3.8, 4) is 22.6 Å². The molecule has 0 saturated carbocycles. The Hall–Kier alpha value is -4.38. The zero-order chi connectivity index (χ0) is 32.2. The third-order valence-corrected chi connectivity index (χ3v) is 8.38. The first-order valence-corrected chi connectivity index (χ1v) is 15.8. The molecule has 0 bridgehead atoms. The van der Waals surface area contributed by atoms with Gasteiger partial charge in [0.05, 0.1) is 28.0 Å². The monoisotopic (exact) mass is 795 g/mol. The van der Waals surface area contributed by atoms with Gasteiger partial charge in [0.25, 0.3) is 0 Å². The van der Waals surface area contributed by atoms with Gasteiger partial charge in [0, 0.05) is 37.4 Å². The first kappa shape index (κ1) is 32.6. The van der Waals surface area contributed by atoms with E-state index in [0.717, 1.165) is 56.6 Å². The van der Waals surface area contributed by atoms with Gasteiger partial charge < -0.3 is 14.0 Å². The van der Waals surface area contributed by atoms with Crippen molar-refractivity contribution in [2.24, 2.45) is 5.41 Å². The Balaban J connectivity index is 0.000000163. The summed E-state index contributed by atoms with van der Waals surface area (Å²) in [6, 6.07) is 31.3. The number of fused-ring (bicyclic) bond motifs is 3. The molecule has 5 nitrogen and oxygen atoms in total. The molecule has 3 aromatic carbocycles. The summed E-state index contributed by atoms with van der Waals surface area (Å²) in [4.78, 5) is 14.0. The molecule has 239 valence electrons. The van der Waals surface area contributed by atoms with Crippen LogP contribution in [0.3, 0.4) is 0 Å². The smallest absolute Gasteiger partial charge is 0.216 e. The predicted molar refractivity (Wildman–Crippen MR) is 189 cm³/mol. The van der Waals surface area contributed by atoms with Crippen LogP contribution in [-0.4, -0.2) is 19.5 Å². The summed E-state index contributed by atoms with van der Waals surface area (Å²) >= 11 is 0. The van der Waals surface area contributed by atoms with Crippen molar-refractivity contribution < 1.29 is 24.5 Å². The fourth-order valence-corrected chi connectivity index (χ4v) is 6.39. The minimum Gasteiger partial charge on any atom is -0.486 e. The van der Waals surface area contributed by atoms with Crippen molar-refractivity contribution in [1.82, 2.24) is 19.5 Å². The second-order valence-electron chi connectivity index (χ2n) is 14.0. The van der Waals surface area contributed by atoms with E-state index in [-0.39, 0.29) is 31.1 Å². The van der Waals surface area contributed by atoms with Gasteiger partial charge in [-0.05, 0) is 86.7 Å². The van der Waals surface area contributed by atoms with Gasteiger partial charge in [0.2, 0.25) is 5.71 Å². The van der Waals surface area contributed by atoms with Crippen LogP contribution in [0.5, 0.6) is 0 Å². The fraction of sp³-hybridized carbons (Fsp3) is 0.244. The number of imidazole rings is 1. The van der Waals surface area contributed by atoms with Gasteiger partial charge in [0.15, 0.2) is 0 Å². The number of pyridine rings is 2. The van der Waals surface area contributed by atoms with Crippen LogP contribution in [-0.2, 0) is 32.1 Å². The van der Waals surface area contributed by atoms with Crippen LogP contribution in [0.2, 0.25) is 0 Å². The minimum atomic E-state index is -0.0873. The maximum Gasteiger partial charge on any atom is 0.216 e. The van der Waals surface area contributed by atoms with E-state index in [1.54, 1.807) is 0 Å². The molecule has 1 aliphatic rings. The fourth-order valence-electron chi connectivity index (χ4n) is 6.39. The first-order valence-electron chi connectivity index (χ1n) is 15.8. The number of furan rings is 1. The summed E-state index contributed by atoms with van der Waals surface area (Å²) in [5.41, 5.74) is 11.4. The van der Waals surface area contributed by atoms with Crippen molar-refractivity contribution in [2.45, 2.75) is 60.4 Å². The van der Waals surface area contributed by atoms with Gasteiger partial charge in [-0.15, -0.1) is 54.1 Å². The normalized spacial score (nSPS) is 13.4. The van der Waals surface area contributed by atoms with E-state index >= 15 is 0 Å². The number of hydrogen-bond acceptors (Lipinski definition) is 4. The Morgan fingerprint density at radius 1 is 0.894 bits per heavy atom. The molecule has 0 amide bonds. The molecule has 1 radical (unpaired) electrons. The second kappa shape index (κ2) is 12.3. The summed E-state index contributed by atoms with van der Waals surface area (Å²) < 4.78 is 8.41. The van der Waals surface area contributed by atoms with Gasteiger partial charge in [-0.25, -0.2) is 4.98 Å². The Morgan fingerprint density at radius 2 is 1.72 bits per heavy atom. The molecule has 47 heavy (non-hydrogen) atoms. The number of aromatic nitrogens is 4. The third-order valence-electron chi connectivity index (χ3n) is 8.38. The zero-order valence-electron chi connectivity index (χ0n) is 27.9. The van der Waals surface area contributed by atoms with E-state index in [1.165, 1.54) is 22.2 Å². The maximum atomic E-state index is 6.08. The van der Waals surface area contributed by atoms with Crippen molar-refractivity contribution in [3.63, 3.8) is 0 Å². The number of rotatable bonds is 3. The quantitative estimate of drug-likeness (QED) is 0.167. The van der Waals surface area contributed by atoms with Crippen LogP contribution in [0.1, 0.15) is 57.0 Å². The van der Waals surface area contributed by atoms with Crippen molar-refractivity contribution >= 4 is 39.2 Å². The van der Waals surface area contributed by atoms with Crippen LogP contribution >= 0.6 is 0 Å². The van der Waals surface area contributed by atoms with E-state index in [9.17, 15) is 0 Å². The molecule has 0 spiro atoms. The maximum absolute atomic E-state index is 6.08. The first-order chi connectivity index (χ1) is 22.0. The number of hydrogen-bond donors (Lipinski definition) is 0. The average Bonchev–Trinajstić information content (AvgIpc) is 3.58. The molecule has 5 heterocycles. The topological polar surface area (TPSA) is 56.7 Å². The summed E-state index contributed by atoms with van der Waals surface area (Å²) in [6.45, 7) is 15.3. The van der Waals surface area contributed by atoms with Gasteiger partial charge in [-0.1, -0.05) is 55.5 Å². The largest absolute Gasteiger partial charge is 0.486 e. The number of benzene rings is 3. The molecule has 6 heteroatoms. The standard InChI is InChI=1S/C22H21N2O.C19H17N2.Ir/c1-14-8-9-17-16-6-5-7-18(20(16)25-21(17)24-14)19-12-15(10-11-23-19)13-22(2,3)4;1-13-11-15-9-10-19(2,3)21-17(15)16(12-13)20-18(21)14-7-5-4-6-8-14;/h5-6,8-12H,13H2,1-4H3;4-7,9-12H,1-3H3;/q2*-1;. The Bertz CT molecular complexity index is 2270. The van der Waals surface area contributed by atoms with E-state index < -0.39 is 0 Å². The zero-order valence-corrected chi connectivity index (χ0v) is 30.3. The van der Waals surface area contributed by atoms with E-state index in [1.807, 2.05) is 49.5 Å². The molecular weight excluding hydrogens is 757 g/mol. The summed E-state index contributed by atoms with van der Waals surface area (Å²) in [5, 5.41) is 2.08. The average molecular weight is 795 g/mol. The van der Waals surface area contributed by atoms with E-state index in [2.05, 4.69) is 117 Å². The van der Waals surface area contributed by atoms with Crippen LogP contribution in [0.4, 0.5) is 0 Å². The second-order valence-corrected chi connectivity index (χ2v) is 14.0. The number of allylic oxidation sites excluding steroid dienone is 1. The Labute approximate surface area is 290 Å². The molecule has 0 N–H and O–H groups in total. The molecule has 0 fully saturated rings. The molecule has 4 aromatic heterocycles. The minimum absolute atomic E-state index is 0. The van der Waals surface area contributed by atoms with E-state index in [0.29, 0.717) is 5.71 Å². The summed E-state index contributed by atoms with van der Waals surface area (Å²) in [7, 11) is 0. The SMILES string of the molecule is Cc1cc2c3c(c1)nc(-c1[c-]cccc1)n3C(C)(C)C=C2.Cc1ccc2c(n1)oc1c(-c3cc(CC(C)(C)C)ccn3)[c-]ccc12.[Ir]. The summed E-state index contributed by atoms with van der Waals surface area (Å²) in [5.74, 6) is 0.992. The summed E-state index contributed by atoms with van der Waals surface area (Å²) in [6.07, 6.45) is 7.34. The van der Waals surface area contributed by atoms with Gasteiger partial charge >= 0.3 is 0 Å². The Kier molecular flexibility index (Phi) is 8.54. The molecule has 0 atom stereocenters. The number of nitrogens with zero attached hydrogens (tertiary/aromatic N) is 4. The third kappa shape index (κ3) is 6.33. The molecule has 0 aliphatic carbocycles. The van der Waals surface area contributed by atoms with Gasteiger partial charge in [0.1, 0.15) is 0 Å². The van der Waals surface area contributed by atoms with Crippen molar-refractivity contribution in [3.05, 3.63) is 120 Å². The van der Waals surface area contributed by atoms with Gasteiger partial charge in [-0.2, -0.15) is 0 Å². The molecule has 1 aliphatic heterocycles. The van der Waals surface area contributed by atoms with Gasteiger partial charge in [-0.3, -0.25) is 4.98 Å². The van der Waals surface area contributed by atoms with Crippen molar-refractivity contribution in [1.29, 1.82) is 0 Å². The van der Waals surface area contributed by atoms with Crippen molar-refractivity contribution in [2.75, 3.05) is 0 Å². The molecule has 0 unspecified atom stereocenters. The van der Waals surface area contributed by atoms with E-state index in [4.69, 9.17) is 9.40 Å². The van der Waals surface area contributed by atoms with Crippen LogP contribution in [0.15, 0.2) is 89.5 Å². The van der Waals surface area contributed by atoms with Crippen LogP contribution in [0, 0.1) is 31.4 Å². The molecule has 0 saturated heterocycles. The molecular formula is C41H38IrN4O-2. The Morgan fingerprint density at radius 3 is 2.49 bits per heavy atom. The predicted octanol–water partition coefficient (Wildman–Crippen LogP) is 10.3. The molecule has 8 rings (SSSR count). The number of aryl methyl sites for hydroxylation is 2. The molecule has 7 aromatic rings. The van der Waals surface area contributed by atoms with Crippen LogP contribution < -0.4 is 0 Å². The van der Waals surface area contributed by atoms with Crippen LogP contribution in [0.25, 0.3) is 61.8 Å².